The lowest BCUT2D eigenvalue weighted by Crippen LogP contribution is -2.31. The van der Waals surface area contributed by atoms with E-state index in [9.17, 15) is 0 Å². The van der Waals surface area contributed by atoms with Crippen LogP contribution in [0.2, 0.25) is 0 Å². The Bertz CT molecular complexity index is 70.9. The summed E-state index contributed by atoms with van der Waals surface area (Å²) in [6.07, 6.45) is 1.96. The Labute approximate surface area is 50.0 Å². The second-order valence-corrected chi connectivity index (χ2v) is 1.93. The molecule has 3 N–H and O–H groups in total. The number of nitrogens with two attached hydrogens (primary N) is 1. The minimum atomic E-state index is -0.423. The van der Waals surface area contributed by atoms with Crippen molar-refractivity contribution in [1.82, 2.24) is 0 Å². The Hall–Kier alpha value is -0.340. The molecular weight excluding hydrogens is 102 g/mol. The summed E-state index contributed by atoms with van der Waals surface area (Å²) < 4.78 is 0. The van der Waals surface area contributed by atoms with Gasteiger partial charge in [-0.3, -0.25) is 0 Å². The van der Waals surface area contributed by atoms with Gasteiger partial charge in [-0.2, -0.15) is 0 Å². The first-order valence-electron chi connectivity index (χ1n) is 2.73. The summed E-state index contributed by atoms with van der Waals surface area (Å²) in [6, 6.07) is -0.146. The van der Waals surface area contributed by atoms with Crippen LogP contribution in [0.4, 0.5) is 0 Å². The summed E-state index contributed by atoms with van der Waals surface area (Å²) in [4.78, 5) is 0. The molecule has 8 heavy (non-hydrogen) atoms. The average molecular weight is 115 g/mol. The first-order chi connectivity index (χ1) is 3.68. The topological polar surface area (TPSA) is 46.2 Å². The van der Waals surface area contributed by atoms with Crippen LogP contribution in [0.1, 0.15) is 13.3 Å². The van der Waals surface area contributed by atoms with Crippen LogP contribution in [0.5, 0.6) is 0 Å². The molecule has 0 aromatic rings. The van der Waals surface area contributed by atoms with Gasteiger partial charge in [0, 0.05) is 6.04 Å². The molecular formula is C6H13NO. The second-order valence-electron chi connectivity index (χ2n) is 1.93. The number of hydrogen-bond donors (Lipinski definition) is 2. The van der Waals surface area contributed by atoms with Gasteiger partial charge >= 0.3 is 0 Å². The molecule has 0 aromatic heterocycles. The molecule has 0 rings (SSSR count). The van der Waals surface area contributed by atoms with E-state index in [1.807, 2.05) is 0 Å². The molecule has 0 saturated carbocycles. The highest BCUT2D eigenvalue weighted by atomic mass is 16.3. The average Bonchev–Trinajstić information content (AvgIpc) is 1.67. The van der Waals surface area contributed by atoms with Gasteiger partial charge in [-0.25, -0.2) is 0 Å². The monoisotopic (exact) mass is 115 g/mol. The fourth-order valence-electron chi connectivity index (χ4n) is 0.389. The van der Waals surface area contributed by atoms with Gasteiger partial charge in [0.2, 0.25) is 0 Å². The standard InChI is InChI=1S/C6H13NO/c1-3-4-6(7)5(2)8/h3,5-6,8H,1,4,7H2,2H3/t5-,6+/m0/s1. The molecule has 0 fully saturated rings. The molecule has 2 atom stereocenters. The van der Waals surface area contributed by atoms with Crippen molar-refractivity contribution in [3.8, 4) is 0 Å². The molecule has 0 radical (unpaired) electrons. The summed E-state index contributed by atoms with van der Waals surface area (Å²) in [7, 11) is 0. The van der Waals surface area contributed by atoms with Crippen LogP contribution < -0.4 is 5.73 Å². The van der Waals surface area contributed by atoms with Crippen molar-refractivity contribution in [3.63, 3.8) is 0 Å². The van der Waals surface area contributed by atoms with Crippen molar-refractivity contribution in [3.05, 3.63) is 12.7 Å². The van der Waals surface area contributed by atoms with Crippen molar-refractivity contribution in [1.29, 1.82) is 0 Å². The van der Waals surface area contributed by atoms with Crippen LogP contribution in [0.3, 0.4) is 0 Å². The normalized spacial score (nSPS) is 17.4. The maximum absolute atomic E-state index is 8.78. The maximum Gasteiger partial charge on any atom is 0.0666 e. The van der Waals surface area contributed by atoms with Crippen molar-refractivity contribution in [2.45, 2.75) is 25.5 Å². The van der Waals surface area contributed by atoms with Gasteiger partial charge in [0.15, 0.2) is 0 Å². The van der Waals surface area contributed by atoms with E-state index in [4.69, 9.17) is 10.8 Å². The van der Waals surface area contributed by atoms with E-state index in [0.717, 1.165) is 0 Å². The number of rotatable bonds is 3. The van der Waals surface area contributed by atoms with Gasteiger partial charge in [0.1, 0.15) is 0 Å². The predicted molar refractivity (Wildman–Crippen MR) is 34.5 cm³/mol. The van der Waals surface area contributed by atoms with Crippen molar-refractivity contribution < 1.29 is 5.11 Å². The third kappa shape index (κ3) is 2.77. The zero-order valence-electron chi connectivity index (χ0n) is 5.17. The zero-order chi connectivity index (χ0) is 6.57. The van der Waals surface area contributed by atoms with Crippen molar-refractivity contribution in [2.75, 3.05) is 0 Å². The molecule has 2 nitrogen and oxygen atoms in total. The predicted octanol–water partition coefficient (Wildman–Crippen LogP) is 0.271. The number of aliphatic hydroxyl groups is 1. The van der Waals surface area contributed by atoms with E-state index in [0.29, 0.717) is 6.42 Å². The first kappa shape index (κ1) is 7.66. The van der Waals surface area contributed by atoms with E-state index in [-0.39, 0.29) is 6.04 Å². The molecule has 0 heterocycles. The minimum Gasteiger partial charge on any atom is -0.392 e. The molecule has 0 aromatic carbocycles. The van der Waals surface area contributed by atoms with Crippen LogP contribution >= 0.6 is 0 Å². The van der Waals surface area contributed by atoms with Crippen LogP contribution in [0.15, 0.2) is 12.7 Å². The fraction of sp³-hybridized carbons (Fsp3) is 0.667. The summed E-state index contributed by atoms with van der Waals surface area (Å²) in [5, 5.41) is 8.78. The minimum absolute atomic E-state index is 0.146. The molecule has 0 aliphatic rings. The SMILES string of the molecule is C=CC[C@@H](N)[C@H](C)O. The van der Waals surface area contributed by atoms with E-state index in [1.165, 1.54) is 0 Å². The number of hydrogen-bond acceptors (Lipinski definition) is 2. The largest absolute Gasteiger partial charge is 0.392 e. The van der Waals surface area contributed by atoms with Gasteiger partial charge in [-0.1, -0.05) is 6.08 Å². The Kier molecular flexibility index (Phi) is 3.48. The van der Waals surface area contributed by atoms with Gasteiger partial charge < -0.3 is 10.8 Å². The highest BCUT2D eigenvalue weighted by Gasteiger charge is 2.04. The smallest absolute Gasteiger partial charge is 0.0666 e. The van der Waals surface area contributed by atoms with Gasteiger partial charge in [-0.05, 0) is 13.3 Å². The summed E-state index contributed by atoms with van der Waals surface area (Å²) in [5.74, 6) is 0. The van der Waals surface area contributed by atoms with Crippen LogP contribution in [0.25, 0.3) is 0 Å². The quantitative estimate of drug-likeness (QED) is 0.519. The lowest BCUT2D eigenvalue weighted by atomic mass is 10.1. The molecule has 0 bridgehead atoms. The summed E-state index contributed by atoms with van der Waals surface area (Å²) in [6.45, 7) is 5.17. The summed E-state index contributed by atoms with van der Waals surface area (Å²) >= 11 is 0. The Morgan fingerprint density at radius 3 is 2.50 bits per heavy atom. The molecule has 0 saturated heterocycles. The Morgan fingerprint density at radius 1 is 1.88 bits per heavy atom. The Balaban J connectivity index is 3.30. The Morgan fingerprint density at radius 2 is 2.38 bits per heavy atom. The van der Waals surface area contributed by atoms with Crippen molar-refractivity contribution in [2.24, 2.45) is 5.73 Å². The van der Waals surface area contributed by atoms with Gasteiger partial charge in [0.25, 0.3) is 0 Å². The van der Waals surface area contributed by atoms with E-state index >= 15 is 0 Å². The second kappa shape index (κ2) is 3.64. The maximum atomic E-state index is 8.78. The fourth-order valence-corrected chi connectivity index (χ4v) is 0.389. The molecule has 0 unspecified atom stereocenters. The van der Waals surface area contributed by atoms with Crippen LogP contribution in [-0.2, 0) is 0 Å². The number of aliphatic hydroxyl groups excluding tert-OH is 1. The molecule has 2 heteroatoms. The molecule has 0 aliphatic carbocycles. The van der Waals surface area contributed by atoms with Crippen LogP contribution in [-0.4, -0.2) is 17.3 Å². The molecule has 48 valence electrons. The third-order valence-corrected chi connectivity index (χ3v) is 1.06. The highest BCUT2D eigenvalue weighted by Crippen LogP contribution is 1.93. The zero-order valence-corrected chi connectivity index (χ0v) is 5.17. The highest BCUT2D eigenvalue weighted by molar-refractivity contribution is 4.78. The van der Waals surface area contributed by atoms with Crippen molar-refractivity contribution >= 4 is 0 Å². The van der Waals surface area contributed by atoms with Gasteiger partial charge in [-0.15, -0.1) is 6.58 Å². The molecule has 0 aliphatic heterocycles. The van der Waals surface area contributed by atoms with E-state index in [2.05, 4.69) is 6.58 Å². The van der Waals surface area contributed by atoms with E-state index < -0.39 is 6.10 Å². The lowest BCUT2D eigenvalue weighted by molar-refractivity contribution is 0.164. The van der Waals surface area contributed by atoms with Gasteiger partial charge in [0.05, 0.1) is 6.10 Å². The molecule has 0 spiro atoms. The lowest BCUT2D eigenvalue weighted by Gasteiger charge is -2.10. The summed E-state index contributed by atoms with van der Waals surface area (Å²) in [5.41, 5.74) is 5.41. The third-order valence-electron chi connectivity index (χ3n) is 1.06. The van der Waals surface area contributed by atoms with E-state index in [1.54, 1.807) is 13.0 Å². The first-order valence-corrected chi connectivity index (χ1v) is 2.73. The van der Waals surface area contributed by atoms with Crippen LogP contribution in [0, 0.1) is 0 Å². The molecule has 0 amide bonds.